The topological polar surface area (TPSA) is 151 Å². The number of H-pyrrole nitrogens is 1. The van der Waals surface area contributed by atoms with Gasteiger partial charge in [-0.1, -0.05) is 17.7 Å². The predicted octanol–water partition coefficient (Wildman–Crippen LogP) is -0.332. The average Bonchev–Trinajstić information content (AvgIpc) is 3.03. The zero-order valence-electron chi connectivity index (χ0n) is 15.9. The van der Waals surface area contributed by atoms with Gasteiger partial charge in [-0.25, -0.2) is 4.79 Å². The number of anilines is 1. The van der Waals surface area contributed by atoms with Crippen molar-refractivity contribution >= 4 is 23.1 Å². The highest BCUT2D eigenvalue weighted by Gasteiger charge is 2.20. The fraction of sp³-hybridized carbons (Fsp3) is 0.333. The maximum atomic E-state index is 12.3. The van der Waals surface area contributed by atoms with E-state index in [-0.39, 0.29) is 30.3 Å². The van der Waals surface area contributed by atoms with Crippen LogP contribution in [0.1, 0.15) is 5.56 Å². The summed E-state index contributed by atoms with van der Waals surface area (Å²) in [5, 5.41) is 21.9. The Morgan fingerprint density at radius 3 is 2.66 bits per heavy atom. The third-order valence-electron chi connectivity index (χ3n) is 4.26. The molecule has 11 heteroatoms. The number of hydrogen-bond acceptors (Lipinski definition) is 7. The van der Waals surface area contributed by atoms with Crippen LogP contribution in [0.15, 0.2) is 33.9 Å². The molecule has 2 aromatic heterocycles. The van der Waals surface area contributed by atoms with E-state index < -0.39 is 29.9 Å². The molecule has 0 saturated heterocycles. The number of nitrogens with zero attached hydrogens (tertiary/aromatic N) is 3. The summed E-state index contributed by atoms with van der Waals surface area (Å²) in [5.41, 5.74) is -0.166. The molecule has 0 amide bonds. The molecule has 0 spiro atoms. The number of hydrogen-bond donors (Lipinski definition) is 4. The third kappa shape index (κ3) is 4.46. The number of fused-ring (bicyclic) bond motifs is 1. The second-order valence-corrected chi connectivity index (χ2v) is 6.56. The highest BCUT2D eigenvalue weighted by molar-refractivity contribution is 5.76. The van der Waals surface area contributed by atoms with Crippen molar-refractivity contribution in [2.75, 3.05) is 18.5 Å². The molecular formula is C18H21N5O6. The molecule has 0 fully saturated rings. The maximum Gasteiger partial charge on any atom is 0.329 e. The Hall–Kier alpha value is -3.60. The van der Waals surface area contributed by atoms with Crippen molar-refractivity contribution in [1.29, 1.82) is 0 Å². The summed E-state index contributed by atoms with van der Waals surface area (Å²) in [5.74, 6) is -0.507. The van der Waals surface area contributed by atoms with E-state index in [1.165, 1.54) is 11.6 Å². The molecule has 2 heterocycles. The molecule has 0 unspecified atom stereocenters. The van der Waals surface area contributed by atoms with E-state index in [4.69, 9.17) is 9.84 Å². The first kappa shape index (κ1) is 20.1. The number of aromatic nitrogens is 4. The molecule has 29 heavy (non-hydrogen) atoms. The van der Waals surface area contributed by atoms with Crippen LogP contribution in [-0.2, 0) is 18.4 Å². The largest absolute Gasteiger partial charge is 0.491 e. The van der Waals surface area contributed by atoms with Crippen LogP contribution in [-0.4, -0.2) is 54.5 Å². The summed E-state index contributed by atoms with van der Waals surface area (Å²) < 4.78 is 8.02. The Morgan fingerprint density at radius 2 is 2.00 bits per heavy atom. The number of carboxylic acids is 1. The van der Waals surface area contributed by atoms with Gasteiger partial charge in [0.05, 0.1) is 6.54 Å². The predicted molar refractivity (Wildman–Crippen MR) is 104 cm³/mol. The van der Waals surface area contributed by atoms with Gasteiger partial charge in [-0.2, -0.15) is 4.98 Å². The minimum absolute atomic E-state index is 0.0365. The highest BCUT2D eigenvalue weighted by Crippen LogP contribution is 2.17. The number of aliphatic hydroxyl groups is 1. The van der Waals surface area contributed by atoms with E-state index in [0.717, 1.165) is 10.1 Å². The highest BCUT2D eigenvalue weighted by atomic mass is 16.5. The van der Waals surface area contributed by atoms with Crippen LogP contribution in [0.2, 0.25) is 0 Å². The number of carbonyl (C=O) groups is 1. The molecule has 1 aromatic carbocycles. The Morgan fingerprint density at radius 1 is 1.31 bits per heavy atom. The number of nitrogens with one attached hydrogen (secondary N) is 2. The van der Waals surface area contributed by atoms with E-state index in [1.807, 2.05) is 19.1 Å². The van der Waals surface area contributed by atoms with Gasteiger partial charge in [-0.05, 0) is 19.1 Å². The van der Waals surface area contributed by atoms with Gasteiger partial charge in [0.25, 0.3) is 5.56 Å². The molecule has 0 aliphatic rings. The van der Waals surface area contributed by atoms with Crippen LogP contribution in [0, 0.1) is 6.92 Å². The normalized spacial score (nSPS) is 12.1. The van der Waals surface area contributed by atoms with E-state index >= 15 is 0 Å². The fourth-order valence-electron chi connectivity index (χ4n) is 2.79. The van der Waals surface area contributed by atoms with Crippen molar-refractivity contribution in [3.8, 4) is 5.75 Å². The summed E-state index contributed by atoms with van der Waals surface area (Å²) >= 11 is 0. The molecule has 4 N–H and O–H groups in total. The zero-order valence-corrected chi connectivity index (χ0v) is 15.9. The van der Waals surface area contributed by atoms with Crippen molar-refractivity contribution in [3.63, 3.8) is 0 Å². The van der Waals surface area contributed by atoms with Gasteiger partial charge in [-0.3, -0.25) is 19.1 Å². The van der Waals surface area contributed by atoms with Gasteiger partial charge >= 0.3 is 11.7 Å². The summed E-state index contributed by atoms with van der Waals surface area (Å²) in [6.07, 6.45) is -1.03. The van der Waals surface area contributed by atoms with Crippen molar-refractivity contribution < 1.29 is 19.7 Å². The van der Waals surface area contributed by atoms with E-state index in [2.05, 4.69) is 15.3 Å². The fourth-order valence-corrected chi connectivity index (χ4v) is 2.79. The van der Waals surface area contributed by atoms with Crippen molar-refractivity contribution in [2.45, 2.75) is 19.6 Å². The Balaban J connectivity index is 1.89. The van der Waals surface area contributed by atoms with Crippen molar-refractivity contribution in [2.24, 2.45) is 7.05 Å². The lowest BCUT2D eigenvalue weighted by molar-refractivity contribution is -0.134. The number of imidazole rings is 1. The van der Waals surface area contributed by atoms with Crippen LogP contribution in [0.5, 0.6) is 5.75 Å². The number of rotatable bonds is 8. The lowest BCUT2D eigenvalue weighted by Gasteiger charge is -2.15. The quantitative estimate of drug-likeness (QED) is 0.399. The van der Waals surface area contributed by atoms with E-state index in [0.29, 0.717) is 5.75 Å². The van der Waals surface area contributed by atoms with E-state index in [1.54, 1.807) is 12.1 Å². The Bertz CT molecular complexity index is 1140. The second kappa shape index (κ2) is 8.19. The number of ether oxygens (including phenoxy) is 1. The zero-order chi connectivity index (χ0) is 21.1. The Labute approximate surface area is 164 Å². The maximum absolute atomic E-state index is 12.3. The lowest BCUT2D eigenvalue weighted by atomic mass is 10.2. The van der Waals surface area contributed by atoms with Crippen LogP contribution < -0.4 is 21.3 Å². The SMILES string of the molecule is Cc1ccc(OC[C@H](O)Cn2c(NCC(=O)O)nc3c2c(=O)[nH]c(=O)n3C)cc1. The minimum atomic E-state index is -1.13. The molecular weight excluding hydrogens is 382 g/mol. The van der Waals surface area contributed by atoms with E-state index in [9.17, 15) is 19.5 Å². The monoisotopic (exact) mass is 403 g/mol. The number of carboxylic acid groups (broad SMARTS) is 1. The molecule has 0 aliphatic carbocycles. The van der Waals surface area contributed by atoms with Gasteiger partial charge in [0, 0.05) is 7.05 Å². The molecule has 154 valence electrons. The standard InChI is InChI=1S/C18H21N5O6/c1-10-3-5-12(6-4-10)29-9-11(24)8-23-14-15(20-17(23)19-7-13(25)26)22(2)18(28)21-16(14)27/h3-6,11,24H,7-9H2,1-2H3,(H,19,20)(H,25,26)(H,21,27,28)/t11-/m1/s1. The van der Waals surface area contributed by atoms with Crippen molar-refractivity contribution in [1.82, 2.24) is 19.1 Å². The van der Waals surface area contributed by atoms with Gasteiger partial charge < -0.3 is 24.8 Å². The number of benzene rings is 1. The number of aliphatic hydroxyl groups excluding tert-OH is 1. The number of aromatic amines is 1. The van der Waals surface area contributed by atoms with Gasteiger partial charge in [0.1, 0.15) is 25.0 Å². The molecule has 0 bridgehead atoms. The summed E-state index contributed by atoms with van der Waals surface area (Å²) in [4.78, 5) is 41.4. The molecule has 3 rings (SSSR count). The average molecular weight is 403 g/mol. The summed E-state index contributed by atoms with van der Waals surface area (Å²) in [6, 6.07) is 7.29. The first-order valence-electron chi connectivity index (χ1n) is 8.79. The summed E-state index contributed by atoms with van der Waals surface area (Å²) in [7, 11) is 1.43. The first-order valence-corrected chi connectivity index (χ1v) is 8.79. The van der Waals surface area contributed by atoms with Crippen LogP contribution in [0.4, 0.5) is 5.95 Å². The molecule has 0 aliphatic heterocycles. The molecule has 1 atom stereocenters. The second-order valence-electron chi connectivity index (χ2n) is 6.56. The lowest BCUT2D eigenvalue weighted by Crippen LogP contribution is -2.31. The number of aryl methyl sites for hydroxylation is 2. The molecule has 0 saturated carbocycles. The molecule has 3 aromatic rings. The van der Waals surface area contributed by atoms with Gasteiger partial charge in [0.15, 0.2) is 11.2 Å². The van der Waals surface area contributed by atoms with Crippen molar-refractivity contribution in [3.05, 3.63) is 50.7 Å². The smallest absolute Gasteiger partial charge is 0.329 e. The van der Waals surface area contributed by atoms with Gasteiger partial charge in [0.2, 0.25) is 5.95 Å². The Kier molecular flexibility index (Phi) is 5.69. The van der Waals surface area contributed by atoms with Crippen LogP contribution >= 0.6 is 0 Å². The molecule has 0 radical (unpaired) electrons. The minimum Gasteiger partial charge on any atom is -0.491 e. The molecule has 11 nitrogen and oxygen atoms in total. The van der Waals surface area contributed by atoms with Crippen LogP contribution in [0.25, 0.3) is 11.2 Å². The first-order chi connectivity index (χ1) is 13.8. The van der Waals surface area contributed by atoms with Gasteiger partial charge in [-0.15, -0.1) is 0 Å². The number of aliphatic carboxylic acids is 1. The third-order valence-corrected chi connectivity index (χ3v) is 4.26. The van der Waals surface area contributed by atoms with Crippen LogP contribution in [0.3, 0.4) is 0 Å². The summed E-state index contributed by atoms with van der Waals surface area (Å²) in [6.45, 7) is 1.32.